The molecule has 0 aliphatic carbocycles. The van der Waals surface area contributed by atoms with Crippen molar-refractivity contribution in [3.8, 4) is 11.5 Å². The molecule has 0 bridgehead atoms. The van der Waals surface area contributed by atoms with Crippen LogP contribution >= 0.6 is 0 Å². The van der Waals surface area contributed by atoms with E-state index in [1.165, 1.54) is 12.4 Å². The molecule has 33 heavy (non-hydrogen) atoms. The Morgan fingerprint density at radius 1 is 1.03 bits per heavy atom. The summed E-state index contributed by atoms with van der Waals surface area (Å²) in [6.07, 6.45) is 4.65. The van der Waals surface area contributed by atoms with Crippen molar-refractivity contribution < 1.29 is 9.53 Å². The van der Waals surface area contributed by atoms with E-state index in [4.69, 9.17) is 4.74 Å². The Morgan fingerprint density at radius 3 is 2.76 bits per heavy atom. The van der Waals surface area contributed by atoms with Gasteiger partial charge in [-0.25, -0.2) is 9.97 Å². The third-order valence-electron chi connectivity index (χ3n) is 5.28. The van der Waals surface area contributed by atoms with Crippen LogP contribution < -0.4 is 15.4 Å². The third-order valence-corrected chi connectivity index (χ3v) is 5.28. The summed E-state index contributed by atoms with van der Waals surface area (Å²) in [5.41, 5.74) is 4.27. The SMILES string of the molecule is C=CC(=O)Nc1ccc2ncnc(Nc3ccc(Oc4ccc5cc[nH]c5c4)c(C)c3)c2c1. The molecule has 0 unspecified atom stereocenters. The highest BCUT2D eigenvalue weighted by atomic mass is 16.5. The number of amides is 1. The van der Waals surface area contributed by atoms with Gasteiger partial charge in [0.15, 0.2) is 0 Å². The van der Waals surface area contributed by atoms with E-state index < -0.39 is 0 Å². The maximum Gasteiger partial charge on any atom is 0.247 e. The van der Waals surface area contributed by atoms with Crippen LogP contribution in [0.15, 0.2) is 85.8 Å². The molecule has 0 fully saturated rings. The number of aryl methyl sites for hydroxylation is 1. The molecule has 0 spiro atoms. The highest BCUT2D eigenvalue weighted by molar-refractivity contribution is 6.01. The number of anilines is 3. The highest BCUT2D eigenvalue weighted by Gasteiger charge is 2.09. The van der Waals surface area contributed by atoms with Gasteiger partial charge in [0.25, 0.3) is 0 Å². The van der Waals surface area contributed by atoms with Crippen LogP contribution in [-0.2, 0) is 4.79 Å². The lowest BCUT2D eigenvalue weighted by molar-refractivity contribution is -0.111. The number of benzene rings is 3. The Hall–Kier alpha value is -4.65. The number of H-pyrrole nitrogens is 1. The minimum absolute atomic E-state index is 0.276. The van der Waals surface area contributed by atoms with Gasteiger partial charge in [-0.2, -0.15) is 0 Å². The Kier molecular flexibility index (Phi) is 5.20. The van der Waals surface area contributed by atoms with Crippen molar-refractivity contribution in [1.82, 2.24) is 15.0 Å². The molecule has 0 radical (unpaired) electrons. The Bertz CT molecular complexity index is 1510. The van der Waals surface area contributed by atoms with Crippen LogP contribution in [0.4, 0.5) is 17.2 Å². The standard InChI is InChI=1S/C26H21N5O2/c1-3-25(32)30-19-5-8-22-21(13-19)26(29-15-28-22)31-18-6-9-24(16(2)12-18)33-20-7-4-17-10-11-27-23(17)14-20/h3-15,27H,1H2,2H3,(H,30,32)(H,28,29,31). The quantitative estimate of drug-likeness (QED) is 0.281. The largest absolute Gasteiger partial charge is 0.457 e. The maximum atomic E-state index is 11.7. The molecular formula is C26H21N5O2. The van der Waals surface area contributed by atoms with Gasteiger partial charge in [-0.3, -0.25) is 4.79 Å². The molecule has 1 amide bonds. The first-order valence-corrected chi connectivity index (χ1v) is 10.4. The number of ether oxygens (including phenoxy) is 1. The molecule has 0 saturated heterocycles. The number of aromatic nitrogens is 3. The van der Waals surface area contributed by atoms with E-state index in [9.17, 15) is 4.79 Å². The van der Waals surface area contributed by atoms with E-state index in [1.807, 2.05) is 67.7 Å². The van der Waals surface area contributed by atoms with Gasteiger partial charge in [0.2, 0.25) is 5.91 Å². The van der Waals surface area contributed by atoms with Crippen molar-refractivity contribution in [1.29, 1.82) is 0 Å². The van der Waals surface area contributed by atoms with E-state index in [2.05, 4.69) is 32.2 Å². The normalized spacial score (nSPS) is 10.8. The van der Waals surface area contributed by atoms with Gasteiger partial charge in [0, 0.05) is 34.5 Å². The van der Waals surface area contributed by atoms with Crippen molar-refractivity contribution in [2.75, 3.05) is 10.6 Å². The van der Waals surface area contributed by atoms with Gasteiger partial charge in [-0.1, -0.05) is 6.58 Å². The molecule has 5 rings (SSSR count). The molecule has 3 N–H and O–H groups in total. The summed E-state index contributed by atoms with van der Waals surface area (Å²) < 4.78 is 6.10. The summed E-state index contributed by atoms with van der Waals surface area (Å²) >= 11 is 0. The van der Waals surface area contributed by atoms with Crippen LogP contribution in [0.25, 0.3) is 21.8 Å². The smallest absolute Gasteiger partial charge is 0.247 e. The number of nitrogens with zero attached hydrogens (tertiary/aromatic N) is 2. The minimum Gasteiger partial charge on any atom is -0.457 e. The summed E-state index contributed by atoms with van der Waals surface area (Å²) in [5.74, 6) is 1.90. The molecule has 0 saturated carbocycles. The van der Waals surface area contributed by atoms with E-state index in [-0.39, 0.29) is 5.91 Å². The minimum atomic E-state index is -0.276. The molecule has 0 atom stereocenters. The Morgan fingerprint density at radius 2 is 1.91 bits per heavy atom. The van der Waals surface area contributed by atoms with Crippen molar-refractivity contribution in [2.45, 2.75) is 6.92 Å². The summed E-state index contributed by atoms with van der Waals surface area (Å²) in [7, 11) is 0. The van der Waals surface area contributed by atoms with Crippen molar-refractivity contribution in [3.63, 3.8) is 0 Å². The first kappa shape index (κ1) is 20.3. The molecule has 5 aromatic rings. The lowest BCUT2D eigenvalue weighted by Gasteiger charge is -2.13. The van der Waals surface area contributed by atoms with Gasteiger partial charge in [0.05, 0.1) is 5.52 Å². The molecule has 7 nitrogen and oxygen atoms in total. The van der Waals surface area contributed by atoms with Gasteiger partial charge < -0.3 is 20.4 Å². The average Bonchev–Trinajstić information content (AvgIpc) is 3.29. The fraction of sp³-hybridized carbons (Fsp3) is 0.0385. The first-order valence-electron chi connectivity index (χ1n) is 10.4. The molecule has 0 aliphatic heterocycles. The molecule has 2 aromatic heterocycles. The molecule has 0 aliphatic rings. The van der Waals surface area contributed by atoms with Crippen LogP contribution in [0.3, 0.4) is 0 Å². The first-order chi connectivity index (χ1) is 16.1. The fourth-order valence-corrected chi connectivity index (χ4v) is 3.62. The summed E-state index contributed by atoms with van der Waals surface area (Å²) in [6.45, 7) is 5.48. The molecule has 162 valence electrons. The van der Waals surface area contributed by atoms with Crippen molar-refractivity contribution in [3.05, 3.63) is 91.4 Å². The van der Waals surface area contributed by atoms with E-state index in [1.54, 1.807) is 6.07 Å². The second-order valence-corrected chi connectivity index (χ2v) is 7.58. The van der Waals surface area contributed by atoms with Gasteiger partial charge in [0.1, 0.15) is 23.6 Å². The van der Waals surface area contributed by atoms with Crippen LogP contribution in [0.1, 0.15) is 5.56 Å². The number of hydrogen-bond acceptors (Lipinski definition) is 5. The van der Waals surface area contributed by atoms with Crippen LogP contribution in [0.2, 0.25) is 0 Å². The second kappa shape index (κ2) is 8.47. The Labute approximate surface area is 190 Å². The highest BCUT2D eigenvalue weighted by Crippen LogP contribution is 2.31. The number of aromatic amines is 1. The average molecular weight is 435 g/mol. The van der Waals surface area contributed by atoms with Crippen molar-refractivity contribution in [2.24, 2.45) is 0 Å². The van der Waals surface area contributed by atoms with Crippen molar-refractivity contribution >= 4 is 44.9 Å². The number of rotatable bonds is 6. The zero-order valence-electron chi connectivity index (χ0n) is 17.9. The molecule has 2 heterocycles. The second-order valence-electron chi connectivity index (χ2n) is 7.58. The number of hydrogen-bond donors (Lipinski definition) is 3. The van der Waals surface area contributed by atoms with Gasteiger partial charge in [-0.15, -0.1) is 0 Å². The van der Waals surface area contributed by atoms with E-state index >= 15 is 0 Å². The Balaban J connectivity index is 1.40. The van der Waals surface area contributed by atoms with Crippen LogP contribution in [0, 0.1) is 6.92 Å². The lowest BCUT2D eigenvalue weighted by atomic mass is 10.1. The number of nitrogens with one attached hydrogen (secondary N) is 3. The monoisotopic (exact) mass is 435 g/mol. The predicted molar refractivity (Wildman–Crippen MR) is 131 cm³/mol. The third kappa shape index (κ3) is 4.24. The molecule has 3 aromatic carbocycles. The number of carbonyl (C=O) groups is 1. The van der Waals surface area contributed by atoms with E-state index in [0.29, 0.717) is 11.5 Å². The van der Waals surface area contributed by atoms with Gasteiger partial charge in [-0.05, 0) is 78.5 Å². The van der Waals surface area contributed by atoms with Gasteiger partial charge >= 0.3 is 0 Å². The van der Waals surface area contributed by atoms with Crippen LogP contribution in [0.5, 0.6) is 11.5 Å². The maximum absolute atomic E-state index is 11.7. The predicted octanol–water partition coefficient (Wildman–Crippen LogP) is 6.08. The zero-order valence-corrected chi connectivity index (χ0v) is 17.9. The number of carbonyl (C=O) groups excluding carboxylic acids is 1. The van der Waals surface area contributed by atoms with E-state index in [0.717, 1.165) is 44.6 Å². The summed E-state index contributed by atoms with van der Waals surface area (Å²) in [5, 5.41) is 8.04. The topological polar surface area (TPSA) is 91.9 Å². The fourth-order valence-electron chi connectivity index (χ4n) is 3.62. The zero-order chi connectivity index (χ0) is 22.8. The summed E-state index contributed by atoms with van der Waals surface area (Å²) in [4.78, 5) is 23.6. The number of fused-ring (bicyclic) bond motifs is 2. The summed E-state index contributed by atoms with van der Waals surface area (Å²) in [6, 6.07) is 19.3. The van der Waals surface area contributed by atoms with Crippen LogP contribution in [-0.4, -0.2) is 20.9 Å². The lowest BCUT2D eigenvalue weighted by Crippen LogP contribution is -2.07. The molecular weight excluding hydrogens is 414 g/mol. The molecule has 7 heteroatoms.